The first kappa shape index (κ1) is 20.1. The van der Waals surface area contributed by atoms with Crippen LogP contribution in [0.3, 0.4) is 0 Å². The molecule has 3 aromatic carbocycles. The van der Waals surface area contributed by atoms with Crippen molar-refractivity contribution in [3.63, 3.8) is 0 Å². The number of carbonyl (C=O) groups is 2. The molecule has 0 spiro atoms. The molecule has 0 bridgehead atoms. The summed E-state index contributed by atoms with van der Waals surface area (Å²) < 4.78 is 24.4. The molecular formula is C23H20FNO4. The zero-order valence-electron chi connectivity index (χ0n) is 15.9. The number of benzene rings is 3. The van der Waals surface area contributed by atoms with Crippen molar-refractivity contribution in [1.82, 2.24) is 0 Å². The van der Waals surface area contributed by atoms with Crippen molar-refractivity contribution in [3.8, 4) is 5.75 Å². The maximum Gasteiger partial charge on any atom is 0.338 e. The van der Waals surface area contributed by atoms with E-state index in [9.17, 15) is 14.0 Å². The van der Waals surface area contributed by atoms with E-state index >= 15 is 0 Å². The van der Waals surface area contributed by atoms with Crippen LogP contribution in [0.15, 0.2) is 72.8 Å². The lowest BCUT2D eigenvalue weighted by Crippen LogP contribution is -2.21. The fourth-order valence-corrected chi connectivity index (χ4v) is 2.55. The third kappa shape index (κ3) is 5.90. The zero-order chi connectivity index (χ0) is 20.6. The first-order valence-electron chi connectivity index (χ1n) is 9.01. The summed E-state index contributed by atoms with van der Waals surface area (Å²) in [7, 11) is 0. The average Bonchev–Trinajstić information content (AvgIpc) is 2.73. The summed E-state index contributed by atoms with van der Waals surface area (Å²) in [5.74, 6) is -1.21. The molecule has 1 amide bonds. The molecule has 0 aliphatic heterocycles. The Morgan fingerprint density at radius 3 is 2.38 bits per heavy atom. The van der Waals surface area contributed by atoms with E-state index < -0.39 is 24.3 Å². The van der Waals surface area contributed by atoms with Crippen LogP contribution in [-0.4, -0.2) is 18.5 Å². The summed E-state index contributed by atoms with van der Waals surface area (Å²) in [4.78, 5) is 24.0. The summed E-state index contributed by atoms with van der Waals surface area (Å²) in [5.41, 5.74) is 2.10. The molecule has 3 rings (SSSR count). The minimum absolute atomic E-state index is 0.0385. The van der Waals surface area contributed by atoms with Crippen LogP contribution >= 0.6 is 0 Å². The molecule has 0 saturated carbocycles. The summed E-state index contributed by atoms with van der Waals surface area (Å²) in [6.07, 6.45) is 0. The number of carbonyl (C=O) groups excluding carboxylic acids is 2. The topological polar surface area (TPSA) is 64.6 Å². The lowest BCUT2D eigenvalue weighted by molar-refractivity contribution is -0.119. The highest BCUT2D eigenvalue weighted by atomic mass is 19.1. The molecule has 0 heterocycles. The van der Waals surface area contributed by atoms with Crippen molar-refractivity contribution in [2.45, 2.75) is 13.5 Å². The van der Waals surface area contributed by atoms with Crippen LogP contribution < -0.4 is 10.1 Å². The van der Waals surface area contributed by atoms with Crippen LogP contribution in [0.4, 0.5) is 10.1 Å². The highest BCUT2D eigenvalue weighted by Gasteiger charge is 2.12. The van der Waals surface area contributed by atoms with Crippen molar-refractivity contribution in [3.05, 3.63) is 95.3 Å². The molecule has 0 unspecified atom stereocenters. The third-order valence-corrected chi connectivity index (χ3v) is 4.07. The fourth-order valence-electron chi connectivity index (χ4n) is 2.55. The lowest BCUT2D eigenvalue weighted by Gasteiger charge is -2.09. The van der Waals surface area contributed by atoms with Crippen LogP contribution in [-0.2, 0) is 16.1 Å². The van der Waals surface area contributed by atoms with E-state index in [1.54, 1.807) is 37.3 Å². The molecule has 5 nitrogen and oxygen atoms in total. The molecule has 0 atom stereocenters. The number of anilines is 1. The predicted octanol–water partition coefficient (Wildman–Crippen LogP) is 4.51. The van der Waals surface area contributed by atoms with Gasteiger partial charge in [0.2, 0.25) is 0 Å². The number of halogens is 1. The normalized spacial score (nSPS) is 10.3. The standard InChI is InChI=1S/C23H20FNO4/c1-16-7-12-21(20(24)13-16)25-22(26)15-29-23(27)18-8-10-19(11-9-18)28-14-17-5-3-2-4-6-17/h2-13H,14-15H2,1H3,(H,25,26). The van der Waals surface area contributed by atoms with Gasteiger partial charge in [-0.2, -0.15) is 0 Å². The third-order valence-electron chi connectivity index (χ3n) is 4.07. The molecule has 0 aliphatic rings. The van der Waals surface area contributed by atoms with Gasteiger partial charge in [0.15, 0.2) is 6.61 Å². The molecule has 0 fully saturated rings. The molecular weight excluding hydrogens is 373 g/mol. The van der Waals surface area contributed by atoms with E-state index in [1.165, 1.54) is 12.1 Å². The van der Waals surface area contributed by atoms with Gasteiger partial charge in [-0.1, -0.05) is 36.4 Å². The van der Waals surface area contributed by atoms with Gasteiger partial charge in [-0.05, 0) is 54.4 Å². The Kier molecular flexibility index (Phi) is 6.58. The zero-order valence-corrected chi connectivity index (χ0v) is 15.9. The summed E-state index contributed by atoms with van der Waals surface area (Å²) in [5, 5.41) is 2.37. The van der Waals surface area contributed by atoms with E-state index in [1.807, 2.05) is 30.3 Å². The fraction of sp³-hybridized carbons (Fsp3) is 0.130. The summed E-state index contributed by atoms with van der Waals surface area (Å²) in [6, 6.07) is 20.6. The molecule has 148 valence electrons. The second-order valence-corrected chi connectivity index (χ2v) is 6.41. The number of hydrogen-bond acceptors (Lipinski definition) is 4. The van der Waals surface area contributed by atoms with Crippen molar-refractivity contribution in [1.29, 1.82) is 0 Å². The molecule has 6 heteroatoms. The van der Waals surface area contributed by atoms with Crippen LogP contribution in [0.5, 0.6) is 5.75 Å². The Hall–Kier alpha value is -3.67. The Morgan fingerprint density at radius 1 is 0.966 bits per heavy atom. The highest BCUT2D eigenvalue weighted by molar-refractivity contribution is 5.95. The number of ether oxygens (including phenoxy) is 2. The Labute approximate surface area is 168 Å². The van der Waals surface area contributed by atoms with Crippen LogP contribution in [0.25, 0.3) is 0 Å². The van der Waals surface area contributed by atoms with Gasteiger partial charge in [-0.25, -0.2) is 9.18 Å². The van der Waals surface area contributed by atoms with Crippen LogP contribution in [0, 0.1) is 12.7 Å². The molecule has 0 aliphatic carbocycles. The Morgan fingerprint density at radius 2 is 1.69 bits per heavy atom. The number of aryl methyl sites for hydroxylation is 1. The number of esters is 1. The lowest BCUT2D eigenvalue weighted by atomic mass is 10.2. The average molecular weight is 393 g/mol. The molecule has 29 heavy (non-hydrogen) atoms. The monoisotopic (exact) mass is 393 g/mol. The first-order valence-corrected chi connectivity index (χ1v) is 9.01. The molecule has 0 radical (unpaired) electrons. The maximum atomic E-state index is 13.7. The second-order valence-electron chi connectivity index (χ2n) is 6.41. The molecule has 3 aromatic rings. The number of hydrogen-bond donors (Lipinski definition) is 1. The van der Waals surface area contributed by atoms with Crippen molar-refractivity contribution in [2.24, 2.45) is 0 Å². The van der Waals surface area contributed by atoms with Gasteiger partial charge in [-0.15, -0.1) is 0 Å². The summed E-state index contributed by atoms with van der Waals surface area (Å²) >= 11 is 0. The summed E-state index contributed by atoms with van der Waals surface area (Å²) in [6.45, 7) is 1.65. The SMILES string of the molecule is Cc1ccc(NC(=O)COC(=O)c2ccc(OCc3ccccc3)cc2)c(F)c1. The van der Waals surface area contributed by atoms with E-state index in [2.05, 4.69) is 5.32 Å². The molecule has 0 saturated heterocycles. The van der Waals surface area contributed by atoms with Crippen LogP contribution in [0.2, 0.25) is 0 Å². The van der Waals surface area contributed by atoms with Gasteiger partial charge < -0.3 is 14.8 Å². The quantitative estimate of drug-likeness (QED) is 0.600. The van der Waals surface area contributed by atoms with E-state index in [4.69, 9.17) is 9.47 Å². The largest absolute Gasteiger partial charge is 0.489 e. The van der Waals surface area contributed by atoms with Crippen molar-refractivity contribution in [2.75, 3.05) is 11.9 Å². The number of amides is 1. The molecule has 1 N–H and O–H groups in total. The van der Waals surface area contributed by atoms with Crippen molar-refractivity contribution < 1.29 is 23.5 Å². The smallest absolute Gasteiger partial charge is 0.338 e. The molecule has 0 aromatic heterocycles. The number of nitrogens with one attached hydrogen (secondary N) is 1. The Bertz CT molecular complexity index is 988. The first-order chi connectivity index (χ1) is 14.0. The van der Waals surface area contributed by atoms with E-state index in [0.717, 1.165) is 11.1 Å². The minimum Gasteiger partial charge on any atom is -0.489 e. The van der Waals surface area contributed by atoms with Gasteiger partial charge in [-0.3, -0.25) is 4.79 Å². The van der Waals surface area contributed by atoms with Gasteiger partial charge in [0, 0.05) is 0 Å². The van der Waals surface area contributed by atoms with Crippen molar-refractivity contribution >= 4 is 17.6 Å². The highest BCUT2D eigenvalue weighted by Crippen LogP contribution is 2.16. The van der Waals surface area contributed by atoms with Gasteiger partial charge >= 0.3 is 5.97 Å². The minimum atomic E-state index is -0.654. The second kappa shape index (κ2) is 9.50. The van der Waals surface area contributed by atoms with Crippen LogP contribution in [0.1, 0.15) is 21.5 Å². The van der Waals surface area contributed by atoms with Gasteiger partial charge in [0.05, 0.1) is 11.3 Å². The maximum absolute atomic E-state index is 13.7. The van der Waals surface area contributed by atoms with Gasteiger partial charge in [0.25, 0.3) is 5.91 Å². The predicted molar refractivity (Wildman–Crippen MR) is 107 cm³/mol. The van der Waals surface area contributed by atoms with E-state index in [0.29, 0.717) is 12.4 Å². The van der Waals surface area contributed by atoms with Gasteiger partial charge in [0.1, 0.15) is 18.2 Å². The Balaban J connectivity index is 1.48. The number of rotatable bonds is 7. The van der Waals surface area contributed by atoms with E-state index in [-0.39, 0.29) is 11.3 Å².